The quantitative estimate of drug-likeness (QED) is 0.834. The summed E-state index contributed by atoms with van der Waals surface area (Å²) in [5.74, 6) is -0.281. The van der Waals surface area contributed by atoms with E-state index in [1.54, 1.807) is 31.2 Å². The fourth-order valence-corrected chi connectivity index (χ4v) is 2.03. The normalized spacial score (nSPS) is 11.6. The van der Waals surface area contributed by atoms with Crippen molar-refractivity contribution in [3.8, 4) is 5.75 Å². The lowest BCUT2D eigenvalue weighted by Crippen LogP contribution is -2.36. The molecule has 0 bridgehead atoms. The molecule has 4 nitrogen and oxygen atoms in total. The average Bonchev–Trinajstić information content (AvgIpc) is 2.56. The van der Waals surface area contributed by atoms with Crippen molar-refractivity contribution in [3.63, 3.8) is 0 Å². The van der Waals surface area contributed by atoms with Crippen LogP contribution in [0.25, 0.3) is 0 Å². The van der Waals surface area contributed by atoms with Gasteiger partial charge in [-0.2, -0.15) is 0 Å². The van der Waals surface area contributed by atoms with Crippen LogP contribution in [0.4, 0.5) is 4.39 Å². The molecular weight excluding hydrogens is 297 g/mol. The van der Waals surface area contributed by atoms with Gasteiger partial charge in [-0.25, -0.2) is 4.39 Å². The second kappa shape index (κ2) is 7.54. The van der Waals surface area contributed by atoms with Crippen LogP contribution < -0.4 is 10.1 Å². The lowest BCUT2D eigenvalue weighted by atomic mass is 10.0. The molecule has 0 radical (unpaired) electrons. The van der Waals surface area contributed by atoms with Crippen LogP contribution in [0.15, 0.2) is 48.5 Å². The average molecular weight is 315 g/mol. The van der Waals surface area contributed by atoms with Crippen LogP contribution in [0.5, 0.6) is 5.75 Å². The van der Waals surface area contributed by atoms with Crippen molar-refractivity contribution >= 4 is 11.7 Å². The second-order valence-corrected chi connectivity index (χ2v) is 5.02. The molecule has 23 heavy (non-hydrogen) atoms. The number of halogens is 1. The van der Waals surface area contributed by atoms with Crippen molar-refractivity contribution in [2.24, 2.45) is 0 Å². The van der Waals surface area contributed by atoms with Gasteiger partial charge in [-0.05, 0) is 62.4 Å². The van der Waals surface area contributed by atoms with E-state index < -0.39 is 6.10 Å². The Morgan fingerprint density at radius 1 is 1.04 bits per heavy atom. The van der Waals surface area contributed by atoms with Crippen LogP contribution in [-0.2, 0) is 4.79 Å². The topological polar surface area (TPSA) is 55.4 Å². The molecule has 0 saturated carbocycles. The van der Waals surface area contributed by atoms with Gasteiger partial charge < -0.3 is 10.1 Å². The van der Waals surface area contributed by atoms with Crippen LogP contribution in [0, 0.1) is 5.82 Å². The van der Waals surface area contributed by atoms with E-state index in [1.165, 1.54) is 24.3 Å². The number of ether oxygens (including phenoxy) is 1. The standard InChI is InChI=1S/C18H18FNO3/c1-3-20-18(22)12(2)23-16-10-6-14(7-11-16)17(21)13-4-8-15(19)9-5-13/h4-12H,3H2,1-2H3,(H,20,22)/t12-/m1/s1. The van der Waals surface area contributed by atoms with E-state index >= 15 is 0 Å². The molecule has 0 aliphatic carbocycles. The Labute approximate surface area is 134 Å². The maximum atomic E-state index is 12.9. The smallest absolute Gasteiger partial charge is 0.260 e. The zero-order valence-electron chi connectivity index (χ0n) is 13.0. The monoisotopic (exact) mass is 315 g/mol. The van der Waals surface area contributed by atoms with Crippen molar-refractivity contribution < 1.29 is 18.7 Å². The number of nitrogens with one attached hydrogen (secondary N) is 1. The third-order valence-electron chi connectivity index (χ3n) is 3.26. The zero-order valence-corrected chi connectivity index (χ0v) is 13.0. The predicted molar refractivity (Wildman–Crippen MR) is 85.0 cm³/mol. The van der Waals surface area contributed by atoms with Crippen molar-refractivity contribution in [2.75, 3.05) is 6.54 Å². The van der Waals surface area contributed by atoms with Gasteiger partial charge in [-0.1, -0.05) is 0 Å². The second-order valence-electron chi connectivity index (χ2n) is 5.02. The number of benzene rings is 2. The van der Waals surface area contributed by atoms with Crippen LogP contribution >= 0.6 is 0 Å². The molecule has 2 aromatic carbocycles. The third-order valence-corrected chi connectivity index (χ3v) is 3.26. The van der Waals surface area contributed by atoms with E-state index in [9.17, 15) is 14.0 Å². The summed E-state index contributed by atoms with van der Waals surface area (Å²) in [7, 11) is 0. The molecule has 0 saturated heterocycles. The Bertz CT molecular complexity index is 680. The number of amides is 1. The van der Waals surface area contributed by atoms with Crippen molar-refractivity contribution in [1.82, 2.24) is 5.32 Å². The molecule has 1 amide bonds. The van der Waals surface area contributed by atoms with Crippen LogP contribution in [0.2, 0.25) is 0 Å². The van der Waals surface area contributed by atoms with Crippen LogP contribution in [0.1, 0.15) is 29.8 Å². The molecule has 0 aliphatic rings. The summed E-state index contributed by atoms with van der Waals surface area (Å²) in [5, 5.41) is 2.67. The van der Waals surface area contributed by atoms with E-state index in [0.29, 0.717) is 23.4 Å². The van der Waals surface area contributed by atoms with E-state index in [2.05, 4.69) is 5.32 Å². The summed E-state index contributed by atoms with van der Waals surface area (Å²) >= 11 is 0. The highest BCUT2D eigenvalue weighted by atomic mass is 19.1. The molecular formula is C18H18FNO3. The van der Waals surface area contributed by atoms with Crippen LogP contribution in [0.3, 0.4) is 0 Å². The minimum atomic E-state index is -0.617. The number of hydrogen-bond acceptors (Lipinski definition) is 3. The first-order chi connectivity index (χ1) is 11.0. The molecule has 0 aliphatic heterocycles. The summed E-state index contributed by atoms with van der Waals surface area (Å²) in [5.41, 5.74) is 0.880. The highest BCUT2D eigenvalue weighted by Crippen LogP contribution is 2.17. The van der Waals surface area contributed by atoms with E-state index in [1.807, 2.05) is 6.92 Å². The number of hydrogen-bond donors (Lipinski definition) is 1. The van der Waals surface area contributed by atoms with Gasteiger partial charge in [0.15, 0.2) is 11.9 Å². The van der Waals surface area contributed by atoms with Gasteiger partial charge in [0.25, 0.3) is 5.91 Å². The Morgan fingerprint density at radius 2 is 1.57 bits per heavy atom. The predicted octanol–water partition coefficient (Wildman–Crippen LogP) is 2.96. The first kappa shape index (κ1) is 16.7. The Hall–Kier alpha value is -2.69. The van der Waals surface area contributed by atoms with Crippen molar-refractivity contribution in [2.45, 2.75) is 20.0 Å². The minimum absolute atomic E-state index is 0.195. The zero-order chi connectivity index (χ0) is 16.8. The molecule has 1 N–H and O–H groups in total. The maximum Gasteiger partial charge on any atom is 0.260 e. The molecule has 120 valence electrons. The highest BCUT2D eigenvalue weighted by molar-refractivity contribution is 6.09. The summed E-state index contributed by atoms with van der Waals surface area (Å²) in [6.45, 7) is 4.03. The Balaban J connectivity index is 2.05. The molecule has 2 rings (SSSR count). The molecule has 1 atom stereocenters. The summed E-state index contributed by atoms with van der Waals surface area (Å²) < 4.78 is 18.4. The fraction of sp³-hybridized carbons (Fsp3) is 0.222. The third kappa shape index (κ3) is 4.39. The van der Waals surface area contributed by atoms with Gasteiger partial charge in [-0.3, -0.25) is 9.59 Å². The first-order valence-electron chi connectivity index (χ1n) is 7.36. The lowest BCUT2D eigenvalue weighted by molar-refractivity contribution is -0.127. The molecule has 0 spiro atoms. The van der Waals surface area contributed by atoms with Gasteiger partial charge in [0.2, 0.25) is 0 Å². The number of rotatable bonds is 6. The van der Waals surface area contributed by atoms with E-state index in [4.69, 9.17) is 4.74 Å². The summed E-state index contributed by atoms with van der Waals surface area (Å²) in [6, 6.07) is 11.9. The van der Waals surface area contributed by atoms with Crippen molar-refractivity contribution in [1.29, 1.82) is 0 Å². The van der Waals surface area contributed by atoms with Crippen LogP contribution in [-0.4, -0.2) is 24.3 Å². The number of ketones is 1. The molecule has 0 unspecified atom stereocenters. The summed E-state index contributed by atoms with van der Waals surface area (Å²) in [6.07, 6.45) is -0.617. The summed E-state index contributed by atoms with van der Waals surface area (Å²) in [4.78, 5) is 23.9. The van der Waals surface area contributed by atoms with Gasteiger partial charge in [0.05, 0.1) is 0 Å². The van der Waals surface area contributed by atoms with E-state index in [0.717, 1.165) is 0 Å². The number of carbonyl (C=O) groups excluding carboxylic acids is 2. The maximum absolute atomic E-state index is 12.9. The number of carbonyl (C=O) groups is 2. The molecule has 0 fully saturated rings. The molecule has 0 heterocycles. The van der Waals surface area contributed by atoms with Gasteiger partial charge in [0.1, 0.15) is 11.6 Å². The first-order valence-corrected chi connectivity index (χ1v) is 7.36. The minimum Gasteiger partial charge on any atom is -0.481 e. The molecule has 2 aromatic rings. The SMILES string of the molecule is CCNC(=O)[C@@H](C)Oc1ccc(C(=O)c2ccc(F)cc2)cc1. The lowest BCUT2D eigenvalue weighted by Gasteiger charge is -2.14. The van der Waals surface area contributed by atoms with Crippen molar-refractivity contribution in [3.05, 3.63) is 65.5 Å². The van der Waals surface area contributed by atoms with Gasteiger partial charge in [0, 0.05) is 17.7 Å². The Morgan fingerprint density at radius 3 is 2.09 bits per heavy atom. The molecule has 0 aromatic heterocycles. The Kier molecular flexibility index (Phi) is 5.46. The number of likely N-dealkylation sites (N-methyl/N-ethyl adjacent to an activating group) is 1. The largest absolute Gasteiger partial charge is 0.481 e. The molecule has 5 heteroatoms. The fourth-order valence-electron chi connectivity index (χ4n) is 2.03. The highest BCUT2D eigenvalue weighted by Gasteiger charge is 2.14. The van der Waals surface area contributed by atoms with Gasteiger partial charge >= 0.3 is 0 Å². The van der Waals surface area contributed by atoms with Gasteiger partial charge in [-0.15, -0.1) is 0 Å². The van der Waals surface area contributed by atoms with E-state index in [-0.39, 0.29) is 17.5 Å².